The van der Waals surface area contributed by atoms with Gasteiger partial charge in [0.25, 0.3) is 0 Å². The van der Waals surface area contributed by atoms with Gasteiger partial charge in [-0.25, -0.2) is 0 Å². The summed E-state index contributed by atoms with van der Waals surface area (Å²) in [5.74, 6) is 1.08. The van der Waals surface area contributed by atoms with Crippen molar-refractivity contribution in [2.24, 2.45) is 0 Å². The summed E-state index contributed by atoms with van der Waals surface area (Å²) in [6.07, 6.45) is 4.58. The Balaban J connectivity index is 1.45. The quantitative estimate of drug-likeness (QED) is 0.158. The Hall–Kier alpha value is -5.19. The SMILES string of the molecule is COc1c(C(C)=O)c(OCc2ccnc(COc3c(C(C)=O)c(OC)c4ccoc4c3OC)c2)c(OC)c2occc12. The van der Waals surface area contributed by atoms with Crippen LogP contribution in [-0.2, 0) is 13.2 Å². The second kappa shape index (κ2) is 11.7. The van der Waals surface area contributed by atoms with Crippen molar-refractivity contribution in [1.29, 1.82) is 0 Å². The fourth-order valence-corrected chi connectivity index (χ4v) is 4.94. The third kappa shape index (κ3) is 4.83. The number of pyridine rings is 1. The van der Waals surface area contributed by atoms with Crippen molar-refractivity contribution in [1.82, 2.24) is 4.98 Å². The van der Waals surface area contributed by atoms with Crippen LogP contribution in [-0.4, -0.2) is 45.0 Å². The summed E-state index contributed by atoms with van der Waals surface area (Å²) in [5, 5.41) is 1.19. The van der Waals surface area contributed by atoms with Crippen molar-refractivity contribution in [3.8, 4) is 34.5 Å². The van der Waals surface area contributed by atoms with Crippen molar-refractivity contribution >= 4 is 33.5 Å². The molecule has 3 heterocycles. The highest BCUT2D eigenvalue weighted by molar-refractivity contribution is 6.09. The molecule has 11 heteroatoms. The molecule has 0 atom stereocenters. The molecule has 0 saturated heterocycles. The lowest BCUT2D eigenvalue weighted by Gasteiger charge is -2.18. The molecule has 0 aliphatic rings. The zero-order chi connectivity index (χ0) is 30.0. The highest BCUT2D eigenvalue weighted by Gasteiger charge is 2.28. The highest BCUT2D eigenvalue weighted by atomic mass is 16.5. The maximum atomic E-state index is 12.7. The van der Waals surface area contributed by atoms with E-state index in [4.69, 9.17) is 37.3 Å². The molecule has 0 amide bonds. The number of benzene rings is 2. The van der Waals surface area contributed by atoms with Gasteiger partial charge in [0.1, 0.15) is 35.8 Å². The Kier molecular flexibility index (Phi) is 7.92. The Morgan fingerprint density at radius 3 is 1.60 bits per heavy atom. The first-order valence-corrected chi connectivity index (χ1v) is 12.9. The monoisotopic (exact) mass is 575 g/mol. The number of carbonyl (C=O) groups excluding carboxylic acids is 2. The first-order valence-electron chi connectivity index (χ1n) is 12.9. The molecular weight excluding hydrogens is 546 g/mol. The number of ketones is 2. The van der Waals surface area contributed by atoms with E-state index in [0.717, 1.165) is 5.56 Å². The number of hydrogen-bond acceptors (Lipinski definition) is 11. The van der Waals surface area contributed by atoms with Crippen LogP contribution in [0.1, 0.15) is 45.8 Å². The molecule has 0 fully saturated rings. The van der Waals surface area contributed by atoms with Gasteiger partial charge in [-0.3, -0.25) is 14.6 Å². The highest BCUT2D eigenvalue weighted by Crippen LogP contribution is 2.48. The van der Waals surface area contributed by atoms with E-state index in [0.29, 0.717) is 39.1 Å². The third-order valence-electron chi connectivity index (χ3n) is 6.70. The van der Waals surface area contributed by atoms with Crippen molar-refractivity contribution < 1.29 is 46.8 Å². The van der Waals surface area contributed by atoms with Gasteiger partial charge in [-0.1, -0.05) is 0 Å². The largest absolute Gasteiger partial charge is 0.495 e. The number of Topliss-reactive ketones (excluding diaryl/α,β-unsaturated/α-hetero) is 2. The van der Waals surface area contributed by atoms with Gasteiger partial charge in [0.2, 0.25) is 11.5 Å². The first kappa shape index (κ1) is 28.3. The van der Waals surface area contributed by atoms with E-state index in [2.05, 4.69) is 4.98 Å². The Morgan fingerprint density at radius 1 is 0.667 bits per heavy atom. The molecule has 0 spiro atoms. The van der Waals surface area contributed by atoms with Crippen LogP contribution in [0.2, 0.25) is 0 Å². The summed E-state index contributed by atoms with van der Waals surface area (Å²) < 4.78 is 45.8. The van der Waals surface area contributed by atoms with E-state index in [1.54, 1.807) is 30.5 Å². The lowest BCUT2D eigenvalue weighted by Crippen LogP contribution is -2.08. The smallest absolute Gasteiger partial charge is 0.205 e. The zero-order valence-electron chi connectivity index (χ0n) is 24.0. The minimum atomic E-state index is -0.266. The van der Waals surface area contributed by atoms with Crippen LogP contribution in [0.3, 0.4) is 0 Å². The van der Waals surface area contributed by atoms with Crippen LogP contribution in [0.5, 0.6) is 34.5 Å². The number of carbonyl (C=O) groups is 2. The summed E-state index contributed by atoms with van der Waals surface area (Å²) in [7, 11) is 5.89. The predicted molar refractivity (Wildman–Crippen MR) is 152 cm³/mol. The maximum absolute atomic E-state index is 12.7. The van der Waals surface area contributed by atoms with Crippen molar-refractivity contribution in [3.63, 3.8) is 0 Å². The van der Waals surface area contributed by atoms with Gasteiger partial charge in [-0.05, 0) is 43.7 Å². The molecule has 5 rings (SSSR count). The number of hydrogen-bond donors (Lipinski definition) is 0. The van der Waals surface area contributed by atoms with Crippen LogP contribution < -0.4 is 28.4 Å². The van der Waals surface area contributed by atoms with Gasteiger partial charge in [0.05, 0.1) is 57.4 Å². The first-order chi connectivity index (χ1) is 20.3. The standard InChI is InChI=1S/C31H29NO10/c1-16(33)22-24(35-3)20-8-11-39-26(20)30(37-5)28(22)41-14-18-7-10-32-19(13-18)15-42-29-23(17(2)34)25(36-4)21-9-12-40-27(21)31(29)38-6/h7-13H,14-15H2,1-6H3. The van der Waals surface area contributed by atoms with Crippen LogP contribution in [0.25, 0.3) is 21.9 Å². The number of methoxy groups -OCH3 is 4. The molecule has 218 valence electrons. The fourth-order valence-electron chi connectivity index (χ4n) is 4.94. The van der Waals surface area contributed by atoms with Crippen molar-refractivity contribution in [2.75, 3.05) is 28.4 Å². The fraction of sp³-hybridized carbons (Fsp3) is 0.258. The minimum Gasteiger partial charge on any atom is -0.495 e. The van der Waals surface area contributed by atoms with Gasteiger partial charge in [0.15, 0.2) is 34.2 Å². The predicted octanol–water partition coefficient (Wildman–Crippen LogP) is 6.17. The van der Waals surface area contributed by atoms with Gasteiger partial charge in [-0.2, -0.15) is 0 Å². The summed E-state index contributed by atoms with van der Waals surface area (Å²) >= 11 is 0. The summed E-state index contributed by atoms with van der Waals surface area (Å²) in [5.41, 5.74) is 2.54. The normalized spacial score (nSPS) is 11.0. The van der Waals surface area contributed by atoms with Crippen molar-refractivity contribution in [3.05, 3.63) is 65.4 Å². The summed E-state index contributed by atoms with van der Waals surface area (Å²) in [4.78, 5) is 29.8. The molecule has 42 heavy (non-hydrogen) atoms. The van der Waals surface area contributed by atoms with E-state index in [-0.39, 0.29) is 58.9 Å². The molecule has 0 aliphatic carbocycles. The topological polar surface area (TPSA) is 129 Å². The second-order valence-electron chi connectivity index (χ2n) is 9.21. The number of fused-ring (bicyclic) bond motifs is 2. The van der Waals surface area contributed by atoms with Crippen LogP contribution in [0, 0.1) is 0 Å². The van der Waals surface area contributed by atoms with Crippen LogP contribution >= 0.6 is 0 Å². The van der Waals surface area contributed by atoms with Crippen molar-refractivity contribution in [2.45, 2.75) is 27.1 Å². The number of furan rings is 2. The van der Waals surface area contributed by atoms with Crippen LogP contribution in [0.4, 0.5) is 0 Å². The van der Waals surface area contributed by atoms with E-state index in [1.807, 2.05) is 0 Å². The molecule has 0 N–H and O–H groups in total. The number of nitrogens with zero attached hydrogens (tertiary/aromatic N) is 1. The lowest BCUT2D eigenvalue weighted by atomic mass is 10.0. The van der Waals surface area contributed by atoms with Gasteiger partial charge < -0.3 is 37.3 Å². The molecule has 2 aromatic carbocycles. The lowest BCUT2D eigenvalue weighted by molar-refractivity contribution is 0.0996. The zero-order valence-corrected chi connectivity index (χ0v) is 24.0. The maximum Gasteiger partial charge on any atom is 0.205 e. The van der Waals surface area contributed by atoms with Gasteiger partial charge in [-0.15, -0.1) is 0 Å². The second-order valence-corrected chi connectivity index (χ2v) is 9.21. The van der Waals surface area contributed by atoms with E-state index in [1.165, 1.54) is 54.8 Å². The Morgan fingerprint density at radius 2 is 1.14 bits per heavy atom. The Labute approximate surface area is 240 Å². The number of aromatic nitrogens is 1. The average Bonchev–Trinajstić information content (AvgIpc) is 3.67. The molecule has 0 aliphatic heterocycles. The number of ether oxygens (including phenoxy) is 6. The van der Waals surface area contributed by atoms with Gasteiger partial charge in [0, 0.05) is 6.20 Å². The average molecular weight is 576 g/mol. The van der Waals surface area contributed by atoms with E-state index >= 15 is 0 Å². The molecule has 11 nitrogen and oxygen atoms in total. The summed E-state index contributed by atoms with van der Waals surface area (Å²) in [6, 6.07) is 6.95. The minimum absolute atomic E-state index is 0.00591. The van der Waals surface area contributed by atoms with E-state index < -0.39 is 0 Å². The Bertz CT molecular complexity index is 1670. The molecular formula is C31H29NO10. The molecule has 0 radical (unpaired) electrons. The van der Waals surface area contributed by atoms with Gasteiger partial charge >= 0.3 is 0 Å². The number of rotatable bonds is 12. The molecule has 0 unspecified atom stereocenters. The third-order valence-corrected chi connectivity index (χ3v) is 6.70. The van der Waals surface area contributed by atoms with Crippen LogP contribution in [0.15, 0.2) is 51.8 Å². The summed E-state index contributed by atoms with van der Waals surface area (Å²) in [6.45, 7) is 2.91. The molecule has 5 aromatic rings. The van der Waals surface area contributed by atoms with E-state index in [9.17, 15) is 9.59 Å². The molecule has 3 aromatic heterocycles. The molecule has 0 bridgehead atoms. The molecule has 0 saturated carbocycles.